The molecule has 24 heavy (non-hydrogen) atoms. The maximum Gasteiger partial charge on any atom is 0.251 e. The summed E-state index contributed by atoms with van der Waals surface area (Å²) in [6, 6.07) is 8.02. The molecule has 1 saturated carbocycles. The summed E-state index contributed by atoms with van der Waals surface area (Å²) in [4.78, 5) is 27.0. The van der Waals surface area contributed by atoms with E-state index in [1.165, 1.54) is 25.8 Å². The van der Waals surface area contributed by atoms with Gasteiger partial charge >= 0.3 is 0 Å². The van der Waals surface area contributed by atoms with Gasteiger partial charge in [-0.05, 0) is 56.8 Å². The lowest BCUT2D eigenvalue weighted by Crippen LogP contribution is -2.46. The summed E-state index contributed by atoms with van der Waals surface area (Å²) in [7, 11) is 0. The molecule has 3 aliphatic rings. The van der Waals surface area contributed by atoms with Crippen molar-refractivity contribution in [2.45, 2.75) is 50.6 Å². The number of rotatable bonds is 4. The molecule has 1 aliphatic carbocycles. The molecule has 5 nitrogen and oxygen atoms in total. The zero-order valence-corrected chi connectivity index (χ0v) is 14.0. The molecule has 1 aromatic carbocycles. The van der Waals surface area contributed by atoms with Crippen LogP contribution < -0.4 is 10.6 Å². The Hall–Kier alpha value is -1.88. The molecule has 2 amide bonds. The van der Waals surface area contributed by atoms with E-state index in [-0.39, 0.29) is 23.8 Å². The van der Waals surface area contributed by atoms with E-state index in [4.69, 9.17) is 0 Å². The molecular formula is C19H25N3O2. The van der Waals surface area contributed by atoms with E-state index in [1.807, 2.05) is 18.2 Å². The van der Waals surface area contributed by atoms with Crippen LogP contribution in [-0.2, 0) is 4.79 Å². The molecule has 5 heteroatoms. The SMILES string of the molecule is O=C(N[C@H]1CCN2CCCC[C@@H]12)c1cccc(NC(=O)C2CC2)c1. The third-order valence-electron chi connectivity index (χ3n) is 5.51. The zero-order chi connectivity index (χ0) is 16.5. The Balaban J connectivity index is 1.39. The smallest absolute Gasteiger partial charge is 0.251 e. The number of hydrogen-bond donors (Lipinski definition) is 2. The van der Waals surface area contributed by atoms with Gasteiger partial charge in [0.25, 0.3) is 5.91 Å². The summed E-state index contributed by atoms with van der Waals surface area (Å²) in [6.45, 7) is 2.26. The minimum Gasteiger partial charge on any atom is -0.348 e. The van der Waals surface area contributed by atoms with Gasteiger partial charge < -0.3 is 10.6 Å². The van der Waals surface area contributed by atoms with Gasteiger partial charge in [0.15, 0.2) is 0 Å². The summed E-state index contributed by atoms with van der Waals surface area (Å²) >= 11 is 0. The fourth-order valence-electron chi connectivity index (χ4n) is 4.00. The van der Waals surface area contributed by atoms with E-state index >= 15 is 0 Å². The molecular weight excluding hydrogens is 302 g/mol. The van der Waals surface area contributed by atoms with Crippen molar-refractivity contribution in [3.63, 3.8) is 0 Å². The molecule has 0 spiro atoms. The minimum absolute atomic E-state index is 0.0325. The van der Waals surface area contributed by atoms with E-state index in [1.54, 1.807) is 6.07 Å². The zero-order valence-electron chi connectivity index (χ0n) is 14.0. The van der Waals surface area contributed by atoms with Crippen LogP contribution >= 0.6 is 0 Å². The number of piperidine rings is 1. The molecule has 128 valence electrons. The van der Waals surface area contributed by atoms with E-state index in [0.29, 0.717) is 17.3 Å². The number of nitrogens with zero attached hydrogens (tertiary/aromatic N) is 1. The topological polar surface area (TPSA) is 61.4 Å². The van der Waals surface area contributed by atoms with Crippen LogP contribution in [0, 0.1) is 5.92 Å². The van der Waals surface area contributed by atoms with E-state index in [2.05, 4.69) is 15.5 Å². The van der Waals surface area contributed by atoms with Gasteiger partial charge in [0.2, 0.25) is 5.91 Å². The summed E-state index contributed by atoms with van der Waals surface area (Å²) in [5.41, 5.74) is 1.34. The number of amides is 2. The van der Waals surface area contributed by atoms with Gasteiger partial charge in [-0.3, -0.25) is 14.5 Å². The highest BCUT2D eigenvalue weighted by atomic mass is 16.2. The Kier molecular flexibility index (Phi) is 4.27. The second kappa shape index (κ2) is 6.55. The lowest BCUT2D eigenvalue weighted by molar-refractivity contribution is -0.117. The summed E-state index contributed by atoms with van der Waals surface area (Å²) in [5.74, 6) is 0.203. The number of fused-ring (bicyclic) bond motifs is 1. The molecule has 2 saturated heterocycles. The number of carbonyl (C=O) groups excluding carboxylic acids is 2. The summed E-state index contributed by atoms with van der Waals surface area (Å²) < 4.78 is 0. The quantitative estimate of drug-likeness (QED) is 0.893. The fourth-order valence-corrected chi connectivity index (χ4v) is 4.00. The monoisotopic (exact) mass is 327 g/mol. The van der Waals surface area contributed by atoms with Gasteiger partial charge in [0, 0.05) is 35.8 Å². The molecule has 2 aliphatic heterocycles. The van der Waals surface area contributed by atoms with Gasteiger partial charge in [-0.15, -0.1) is 0 Å². The molecule has 0 bridgehead atoms. The molecule has 1 aromatic rings. The van der Waals surface area contributed by atoms with Crippen molar-refractivity contribution in [2.24, 2.45) is 5.92 Å². The molecule has 3 fully saturated rings. The van der Waals surface area contributed by atoms with Gasteiger partial charge in [-0.2, -0.15) is 0 Å². The number of nitrogens with one attached hydrogen (secondary N) is 2. The van der Waals surface area contributed by atoms with Crippen molar-refractivity contribution in [1.82, 2.24) is 10.2 Å². The van der Waals surface area contributed by atoms with Crippen molar-refractivity contribution in [1.29, 1.82) is 0 Å². The second-order valence-electron chi connectivity index (χ2n) is 7.31. The third kappa shape index (κ3) is 3.31. The number of benzene rings is 1. The first-order valence-electron chi connectivity index (χ1n) is 9.16. The lowest BCUT2D eigenvalue weighted by Gasteiger charge is -2.32. The molecule has 0 unspecified atom stereocenters. The maximum absolute atomic E-state index is 12.6. The normalized spacial score (nSPS) is 26.7. The van der Waals surface area contributed by atoms with Crippen LogP contribution in [0.1, 0.15) is 48.9 Å². The Morgan fingerprint density at radius 1 is 1.04 bits per heavy atom. The van der Waals surface area contributed by atoms with Crippen molar-refractivity contribution >= 4 is 17.5 Å². The minimum atomic E-state index is -0.0325. The van der Waals surface area contributed by atoms with E-state index in [0.717, 1.165) is 25.8 Å². The molecule has 2 heterocycles. The van der Waals surface area contributed by atoms with Crippen LogP contribution in [0.5, 0.6) is 0 Å². The molecule has 4 rings (SSSR count). The standard InChI is InChI=1S/C19H25N3O2/c23-18(13-7-8-13)20-15-5-3-4-14(12-15)19(24)21-16-9-11-22-10-2-1-6-17(16)22/h3-5,12-13,16-17H,1-2,6-11H2,(H,20,23)(H,21,24)/t16-,17-/m0/s1. The van der Waals surface area contributed by atoms with Crippen molar-refractivity contribution in [3.8, 4) is 0 Å². The lowest BCUT2D eigenvalue weighted by atomic mass is 9.99. The number of anilines is 1. The molecule has 0 aromatic heterocycles. The van der Waals surface area contributed by atoms with E-state index < -0.39 is 0 Å². The summed E-state index contributed by atoms with van der Waals surface area (Å²) in [6.07, 6.45) is 6.71. The Bertz CT molecular complexity index is 641. The highest BCUT2D eigenvalue weighted by Crippen LogP contribution is 2.30. The first-order valence-corrected chi connectivity index (χ1v) is 9.16. The largest absolute Gasteiger partial charge is 0.348 e. The maximum atomic E-state index is 12.6. The average Bonchev–Trinajstić information content (AvgIpc) is 3.38. The van der Waals surface area contributed by atoms with Crippen molar-refractivity contribution < 1.29 is 9.59 Å². The van der Waals surface area contributed by atoms with Gasteiger partial charge in [-0.25, -0.2) is 0 Å². The second-order valence-corrected chi connectivity index (χ2v) is 7.31. The van der Waals surface area contributed by atoms with Gasteiger partial charge in [0.05, 0.1) is 0 Å². The Morgan fingerprint density at radius 2 is 1.92 bits per heavy atom. The predicted octanol–water partition coefficient (Wildman–Crippen LogP) is 2.39. The van der Waals surface area contributed by atoms with Crippen LogP contribution in [0.4, 0.5) is 5.69 Å². The fraction of sp³-hybridized carbons (Fsp3) is 0.579. The van der Waals surface area contributed by atoms with Gasteiger partial charge in [-0.1, -0.05) is 12.5 Å². The molecule has 2 N–H and O–H groups in total. The first-order chi connectivity index (χ1) is 11.7. The first kappa shape index (κ1) is 15.6. The van der Waals surface area contributed by atoms with Crippen LogP contribution in [0.3, 0.4) is 0 Å². The van der Waals surface area contributed by atoms with Crippen LogP contribution in [0.2, 0.25) is 0 Å². The number of hydrogen-bond acceptors (Lipinski definition) is 3. The predicted molar refractivity (Wildman–Crippen MR) is 92.9 cm³/mol. The highest BCUT2D eigenvalue weighted by molar-refractivity contribution is 5.98. The van der Waals surface area contributed by atoms with Crippen molar-refractivity contribution in [2.75, 3.05) is 18.4 Å². The molecule has 2 atom stereocenters. The van der Waals surface area contributed by atoms with Crippen molar-refractivity contribution in [3.05, 3.63) is 29.8 Å². The summed E-state index contributed by atoms with van der Waals surface area (Å²) in [5, 5.41) is 6.13. The van der Waals surface area contributed by atoms with Gasteiger partial charge in [0.1, 0.15) is 0 Å². The van der Waals surface area contributed by atoms with Crippen LogP contribution in [0.25, 0.3) is 0 Å². The van der Waals surface area contributed by atoms with E-state index in [9.17, 15) is 9.59 Å². The Labute approximate surface area is 142 Å². The van der Waals surface area contributed by atoms with Crippen LogP contribution in [-0.4, -0.2) is 41.9 Å². The third-order valence-corrected chi connectivity index (χ3v) is 5.51. The number of carbonyl (C=O) groups is 2. The highest BCUT2D eigenvalue weighted by Gasteiger charge is 2.36. The van der Waals surface area contributed by atoms with Crippen LogP contribution in [0.15, 0.2) is 24.3 Å². The Morgan fingerprint density at radius 3 is 2.75 bits per heavy atom. The molecule has 0 radical (unpaired) electrons. The average molecular weight is 327 g/mol.